The van der Waals surface area contributed by atoms with Gasteiger partial charge < -0.3 is 10.2 Å². The van der Waals surface area contributed by atoms with Gasteiger partial charge in [0.25, 0.3) is 5.91 Å². The fourth-order valence-electron chi connectivity index (χ4n) is 3.93. The smallest absolute Gasteiger partial charge is 0.272 e. The van der Waals surface area contributed by atoms with Crippen molar-refractivity contribution >= 4 is 11.8 Å². The van der Waals surface area contributed by atoms with Gasteiger partial charge in [-0.3, -0.25) is 14.3 Å². The number of amides is 2. The molecule has 1 aromatic rings. The Bertz CT molecular complexity index is 637. The number of carbonyl (C=O) groups excluding carboxylic acids is 2. The summed E-state index contributed by atoms with van der Waals surface area (Å²) in [7, 11) is 0. The molecule has 1 N–H and O–H groups in total. The Morgan fingerprint density at radius 1 is 1.42 bits per heavy atom. The van der Waals surface area contributed by atoms with Crippen molar-refractivity contribution < 1.29 is 9.59 Å². The van der Waals surface area contributed by atoms with Crippen LogP contribution in [0.15, 0.2) is 6.07 Å². The summed E-state index contributed by atoms with van der Waals surface area (Å²) in [6.45, 7) is 8.93. The molecule has 3 rings (SSSR count). The average Bonchev–Trinajstić information content (AvgIpc) is 3.14. The van der Waals surface area contributed by atoms with Crippen LogP contribution in [-0.4, -0.2) is 46.1 Å². The molecule has 2 fully saturated rings. The van der Waals surface area contributed by atoms with Crippen LogP contribution in [0.1, 0.15) is 56.2 Å². The van der Waals surface area contributed by atoms with E-state index in [1.54, 1.807) is 4.68 Å². The summed E-state index contributed by atoms with van der Waals surface area (Å²) < 4.78 is 1.80. The van der Waals surface area contributed by atoms with E-state index >= 15 is 0 Å². The lowest BCUT2D eigenvalue weighted by Gasteiger charge is -2.32. The number of nitrogens with one attached hydrogen (secondary N) is 1. The maximum Gasteiger partial charge on any atom is 0.272 e. The Morgan fingerprint density at radius 2 is 2.21 bits per heavy atom. The molecule has 132 valence electrons. The molecule has 2 amide bonds. The van der Waals surface area contributed by atoms with Crippen molar-refractivity contribution in [3.05, 3.63) is 17.5 Å². The number of piperidine rings is 1. The first kappa shape index (κ1) is 17.0. The maximum atomic E-state index is 13.0. The van der Waals surface area contributed by atoms with Gasteiger partial charge in [0, 0.05) is 26.2 Å². The van der Waals surface area contributed by atoms with Crippen LogP contribution >= 0.6 is 0 Å². The van der Waals surface area contributed by atoms with E-state index < -0.39 is 0 Å². The zero-order chi connectivity index (χ0) is 17.3. The van der Waals surface area contributed by atoms with E-state index in [9.17, 15) is 9.59 Å². The largest absolute Gasteiger partial charge is 0.356 e. The topological polar surface area (TPSA) is 67.2 Å². The molecule has 0 aliphatic carbocycles. The summed E-state index contributed by atoms with van der Waals surface area (Å²) in [5.74, 6) is 0.636. The van der Waals surface area contributed by atoms with E-state index in [2.05, 4.69) is 24.3 Å². The molecular weight excluding hydrogens is 304 g/mol. The van der Waals surface area contributed by atoms with Crippen LogP contribution in [0.2, 0.25) is 0 Å². The van der Waals surface area contributed by atoms with Gasteiger partial charge >= 0.3 is 0 Å². The van der Waals surface area contributed by atoms with Crippen LogP contribution in [0.3, 0.4) is 0 Å². The van der Waals surface area contributed by atoms with Gasteiger partial charge in [-0.25, -0.2) is 0 Å². The van der Waals surface area contributed by atoms with Crippen LogP contribution in [-0.2, 0) is 17.8 Å². The highest BCUT2D eigenvalue weighted by Crippen LogP contribution is 2.37. The summed E-state index contributed by atoms with van der Waals surface area (Å²) in [5, 5.41) is 7.54. The lowest BCUT2D eigenvalue weighted by Crippen LogP contribution is -2.48. The van der Waals surface area contributed by atoms with Gasteiger partial charge in [0.15, 0.2) is 0 Å². The minimum atomic E-state index is -0.369. The van der Waals surface area contributed by atoms with Crippen molar-refractivity contribution in [3.8, 4) is 0 Å². The maximum absolute atomic E-state index is 13.0. The monoisotopic (exact) mass is 332 g/mol. The Labute approximate surface area is 143 Å². The average molecular weight is 332 g/mol. The lowest BCUT2D eigenvalue weighted by atomic mass is 9.79. The first-order chi connectivity index (χ1) is 11.4. The minimum absolute atomic E-state index is 0.00889. The zero-order valence-corrected chi connectivity index (χ0v) is 15.0. The van der Waals surface area contributed by atoms with Crippen molar-refractivity contribution in [2.24, 2.45) is 11.3 Å². The molecule has 6 heteroatoms. The van der Waals surface area contributed by atoms with Crippen LogP contribution in [0.25, 0.3) is 0 Å². The molecule has 2 aliphatic heterocycles. The number of hydrogen-bond donors (Lipinski definition) is 1. The zero-order valence-electron chi connectivity index (χ0n) is 15.0. The third-order valence-corrected chi connectivity index (χ3v) is 5.21. The first-order valence-electron chi connectivity index (χ1n) is 9.09. The van der Waals surface area contributed by atoms with Crippen molar-refractivity contribution in [3.63, 3.8) is 0 Å². The lowest BCUT2D eigenvalue weighted by molar-refractivity contribution is -0.132. The van der Waals surface area contributed by atoms with Crippen molar-refractivity contribution in [2.45, 2.75) is 53.0 Å². The van der Waals surface area contributed by atoms with E-state index in [-0.39, 0.29) is 17.2 Å². The van der Waals surface area contributed by atoms with Crippen molar-refractivity contribution in [1.82, 2.24) is 20.0 Å². The normalized spacial score (nSPS) is 24.0. The van der Waals surface area contributed by atoms with E-state index in [0.29, 0.717) is 31.2 Å². The van der Waals surface area contributed by atoms with E-state index in [4.69, 9.17) is 0 Å². The first-order valence-corrected chi connectivity index (χ1v) is 9.09. The molecule has 1 atom stereocenters. The fraction of sp³-hybridized carbons (Fsp3) is 0.722. The number of likely N-dealkylation sites (tertiary alicyclic amines) is 1. The van der Waals surface area contributed by atoms with Gasteiger partial charge in [0.05, 0.1) is 11.1 Å². The highest BCUT2D eigenvalue weighted by atomic mass is 16.2. The Morgan fingerprint density at radius 3 is 2.88 bits per heavy atom. The molecule has 1 aromatic heterocycles. The summed E-state index contributed by atoms with van der Waals surface area (Å²) in [6, 6.07) is 1.93. The van der Waals surface area contributed by atoms with Gasteiger partial charge in [-0.2, -0.15) is 5.10 Å². The molecule has 24 heavy (non-hydrogen) atoms. The molecule has 2 aliphatic rings. The second-order valence-electron chi connectivity index (χ2n) is 7.55. The number of aromatic nitrogens is 2. The van der Waals surface area contributed by atoms with Crippen LogP contribution < -0.4 is 5.32 Å². The molecule has 0 unspecified atom stereocenters. The van der Waals surface area contributed by atoms with E-state index in [1.807, 2.05) is 17.9 Å². The Hall–Kier alpha value is -1.85. The summed E-state index contributed by atoms with van der Waals surface area (Å²) in [6.07, 6.45) is 3.52. The quantitative estimate of drug-likeness (QED) is 0.915. The molecule has 2 saturated heterocycles. The molecule has 1 spiro atoms. The van der Waals surface area contributed by atoms with E-state index in [1.165, 1.54) is 0 Å². The highest BCUT2D eigenvalue weighted by Gasteiger charge is 2.47. The number of aryl methyl sites for hydroxylation is 1. The van der Waals surface area contributed by atoms with Gasteiger partial charge in [0.1, 0.15) is 5.69 Å². The van der Waals surface area contributed by atoms with Gasteiger partial charge in [-0.15, -0.1) is 0 Å². The number of hydrogen-bond acceptors (Lipinski definition) is 3. The van der Waals surface area contributed by atoms with Gasteiger partial charge in [-0.1, -0.05) is 13.8 Å². The Kier molecular flexibility index (Phi) is 4.65. The molecule has 3 heterocycles. The Balaban J connectivity index is 1.77. The standard InChI is InChI=1S/C18H28N4O2/c1-4-22-15(11-14(20-22)10-13(2)3)16(23)21-9-7-18(12-21)6-5-8-19-17(18)24/h11,13H,4-10,12H2,1-3H3,(H,19,24)/t18-/m1/s1. The predicted molar refractivity (Wildman–Crippen MR) is 91.6 cm³/mol. The SMILES string of the molecule is CCn1nc(CC(C)C)cc1C(=O)N1CC[C@]2(CCCNC2=O)C1. The van der Waals surface area contributed by atoms with Gasteiger partial charge in [-0.05, 0) is 44.6 Å². The number of rotatable bonds is 4. The van der Waals surface area contributed by atoms with Gasteiger partial charge in [0.2, 0.25) is 5.91 Å². The molecule has 6 nitrogen and oxygen atoms in total. The second kappa shape index (κ2) is 6.57. The third kappa shape index (κ3) is 3.06. The summed E-state index contributed by atoms with van der Waals surface area (Å²) in [5.41, 5.74) is 1.26. The summed E-state index contributed by atoms with van der Waals surface area (Å²) in [4.78, 5) is 27.1. The second-order valence-corrected chi connectivity index (χ2v) is 7.55. The van der Waals surface area contributed by atoms with Crippen molar-refractivity contribution in [1.29, 1.82) is 0 Å². The predicted octanol–water partition coefficient (Wildman–Crippen LogP) is 1.84. The fourth-order valence-corrected chi connectivity index (χ4v) is 3.93. The molecular formula is C18H28N4O2. The number of nitrogens with zero attached hydrogens (tertiary/aromatic N) is 3. The third-order valence-electron chi connectivity index (χ3n) is 5.21. The molecule has 0 aromatic carbocycles. The minimum Gasteiger partial charge on any atom is -0.356 e. The molecule has 0 bridgehead atoms. The molecule has 0 saturated carbocycles. The van der Waals surface area contributed by atoms with Crippen molar-refractivity contribution in [2.75, 3.05) is 19.6 Å². The highest BCUT2D eigenvalue weighted by molar-refractivity contribution is 5.94. The molecule has 0 radical (unpaired) electrons. The van der Waals surface area contributed by atoms with E-state index in [0.717, 1.165) is 37.9 Å². The summed E-state index contributed by atoms with van der Waals surface area (Å²) >= 11 is 0. The number of carbonyl (C=O) groups is 2. The van der Waals surface area contributed by atoms with Crippen LogP contribution in [0, 0.1) is 11.3 Å². The van der Waals surface area contributed by atoms with Crippen LogP contribution in [0.4, 0.5) is 0 Å². The van der Waals surface area contributed by atoms with Crippen LogP contribution in [0.5, 0.6) is 0 Å².